The van der Waals surface area contributed by atoms with E-state index in [0.717, 1.165) is 31.1 Å². The zero-order valence-electron chi connectivity index (χ0n) is 10.5. The molecule has 1 aliphatic rings. The van der Waals surface area contributed by atoms with Gasteiger partial charge in [0.05, 0.1) is 0 Å². The van der Waals surface area contributed by atoms with E-state index in [1.807, 2.05) is 30.3 Å². The quantitative estimate of drug-likeness (QED) is 0.767. The number of ether oxygens (including phenoxy) is 1. The first-order valence-electron chi connectivity index (χ1n) is 6.09. The van der Waals surface area contributed by atoms with Crippen molar-refractivity contribution in [2.45, 2.75) is 31.4 Å². The van der Waals surface area contributed by atoms with Crippen LogP contribution in [0.4, 0.5) is 4.79 Å². The van der Waals surface area contributed by atoms with E-state index in [4.69, 9.17) is 4.74 Å². The van der Waals surface area contributed by atoms with Crippen LogP contribution in [0, 0.1) is 0 Å². The molecule has 1 saturated carbocycles. The van der Waals surface area contributed by atoms with Crippen molar-refractivity contribution in [1.29, 1.82) is 0 Å². The number of hydrogen-bond donors (Lipinski definition) is 0. The number of rotatable bonds is 4. The van der Waals surface area contributed by atoms with Crippen LogP contribution in [0.1, 0.15) is 24.8 Å². The smallest absolute Gasteiger partial charge is 0.410 e. The second-order valence-electron chi connectivity index (χ2n) is 4.67. The largest absolute Gasteiger partial charge is 0.445 e. The molecule has 1 amide bonds. The fourth-order valence-electron chi connectivity index (χ4n) is 2.07. The number of amides is 1. The summed E-state index contributed by atoms with van der Waals surface area (Å²) in [5.74, 6) is 0. The molecule has 0 radical (unpaired) electrons. The third kappa shape index (κ3) is 2.37. The monoisotopic (exact) mass is 247 g/mol. The van der Waals surface area contributed by atoms with E-state index < -0.39 is 11.6 Å². The average Bonchev–Trinajstić information content (AvgIpc) is 2.36. The number of benzene rings is 1. The molecule has 96 valence electrons. The van der Waals surface area contributed by atoms with Crippen LogP contribution in [0.3, 0.4) is 0 Å². The molecule has 0 spiro atoms. The number of carbonyl (C=O) groups excluding carboxylic acids is 2. The Balaban J connectivity index is 1.90. The molecule has 0 N–H and O–H groups in total. The van der Waals surface area contributed by atoms with Crippen molar-refractivity contribution >= 4 is 12.4 Å². The van der Waals surface area contributed by atoms with E-state index in [-0.39, 0.29) is 6.61 Å². The third-order valence-electron chi connectivity index (χ3n) is 3.59. The maximum Gasteiger partial charge on any atom is 0.410 e. The van der Waals surface area contributed by atoms with E-state index in [1.54, 1.807) is 7.05 Å². The van der Waals surface area contributed by atoms with Gasteiger partial charge in [-0.1, -0.05) is 30.3 Å². The lowest BCUT2D eigenvalue weighted by atomic mass is 9.77. The van der Waals surface area contributed by atoms with Gasteiger partial charge >= 0.3 is 6.09 Å². The van der Waals surface area contributed by atoms with Crippen molar-refractivity contribution in [2.75, 3.05) is 7.05 Å². The summed E-state index contributed by atoms with van der Waals surface area (Å²) in [4.78, 5) is 24.4. The molecule has 0 saturated heterocycles. The van der Waals surface area contributed by atoms with E-state index in [1.165, 1.54) is 4.90 Å². The summed E-state index contributed by atoms with van der Waals surface area (Å²) < 4.78 is 5.20. The minimum Gasteiger partial charge on any atom is -0.445 e. The normalized spacial score (nSPS) is 16.5. The summed E-state index contributed by atoms with van der Waals surface area (Å²) in [7, 11) is 1.63. The van der Waals surface area contributed by atoms with Crippen LogP contribution < -0.4 is 0 Å². The lowest BCUT2D eigenvalue weighted by Crippen LogP contribution is -2.55. The fourth-order valence-corrected chi connectivity index (χ4v) is 2.07. The molecular formula is C14H17NO3. The molecule has 4 nitrogen and oxygen atoms in total. The van der Waals surface area contributed by atoms with Gasteiger partial charge in [0.1, 0.15) is 18.4 Å². The van der Waals surface area contributed by atoms with Crippen LogP contribution >= 0.6 is 0 Å². The van der Waals surface area contributed by atoms with Gasteiger partial charge in [0, 0.05) is 7.05 Å². The zero-order valence-corrected chi connectivity index (χ0v) is 10.5. The predicted octanol–water partition coefficient (Wildman–Crippen LogP) is 2.38. The van der Waals surface area contributed by atoms with Gasteiger partial charge in [-0.15, -0.1) is 0 Å². The first-order valence-corrected chi connectivity index (χ1v) is 6.09. The highest BCUT2D eigenvalue weighted by atomic mass is 16.6. The maximum absolute atomic E-state index is 11.9. The molecule has 0 atom stereocenters. The lowest BCUT2D eigenvalue weighted by molar-refractivity contribution is -0.122. The number of hydrogen-bond acceptors (Lipinski definition) is 3. The molecule has 1 aliphatic carbocycles. The molecule has 2 rings (SSSR count). The van der Waals surface area contributed by atoms with Crippen LogP contribution in [0.25, 0.3) is 0 Å². The molecule has 0 aromatic heterocycles. The van der Waals surface area contributed by atoms with Crippen LogP contribution in [-0.4, -0.2) is 29.9 Å². The molecule has 0 unspecified atom stereocenters. The Morgan fingerprint density at radius 1 is 1.39 bits per heavy atom. The Bertz CT molecular complexity index is 426. The lowest BCUT2D eigenvalue weighted by Gasteiger charge is -2.43. The van der Waals surface area contributed by atoms with Crippen molar-refractivity contribution < 1.29 is 14.3 Å². The molecule has 0 heterocycles. The average molecular weight is 247 g/mol. The summed E-state index contributed by atoms with van der Waals surface area (Å²) in [5.41, 5.74) is 0.307. The van der Waals surface area contributed by atoms with Crippen LogP contribution in [0.15, 0.2) is 30.3 Å². The minimum atomic E-state index is -0.631. The minimum absolute atomic E-state index is 0.235. The van der Waals surface area contributed by atoms with Crippen LogP contribution in [0.5, 0.6) is 0 Å². The first-order chi connectivity index (χ1) is 8.68. The topological polar surface area (TPSA) is 46.6 Å². The standard InChI is InChI=1S/C14H17NO3/c1-15(14(11-16)8-5-9-14)13(17)18-10-12-6-3-2-4-7-12/h2-4,6-7,11H,5,8-10H2,1H3. The number of nitrogens with zero attached hydrogens (tertiary/aromatic N) is 1. The van der Waals surface area contributed by atoms with Crippen molar-refractivity contribution in [3.05, 3.63) is 35.9 Å². The summed E-state index contributed by atoms with van der Waals surface area (Å²) in [6, 6.07) is 9.49. The Morgan fingerprint density at radius 3 is 2.56 bits per heavy atom. The number of likely N-dealkylation sites (N-methyl/N-ethyl adjacent to an activating group) is 1. The van der Waals surface area contributed by atoms with Gasteiger partial charge in [-0.2, -0.15) is 0 Å². The molecule has 4 heteroatoms. The highest BCUT2D eigenvalue weighted by molar-refractivity contribution is 5.77. The van der Waals surface area contributed by atoms with Crippen molar-refractivity contribution in [3.63, 3.8) is 0 Å². The molecule has 1 aromatic carbocycles. The summed E-state index contributed by atoms with van der Waals surface area (Å²) in [6.45, 7) is 0.235. The van der Waals surface area contributed by atoms with E-state index >= 15 is 0 Å². The first kappa shape index (κ1) is 12.6. The molecule has 1 aromatic rings. The SMILES string of the molecule is CN(C(=O)OCc1ccccc1)C1(C=O)CCC1. The molecule has 1 fully saturated rings. The molecular weight excluding hydrogens is 230 g/mol. The Labute approximate surface area is 107 Å². The third-order valence-corrected chi connectivity index (χ3v) is 3.59. The van der Waals surface area contributed by atoms with Gasteiger partial charge in [0.2, 0.25) is 0 Å². The number of aldehydes is 1. The van der Waals surface area contributed by atoms with Crippen molar-refractivity contribution in [1.82, 2.24) is 4.90 Å². The second kappa shape index (κ2) is 5.21. The zero-order chi connectivity index (χ0) is 13.0. The summed E-state index contributed by atoms with van der Waals surface area (Å²) >= 11 is 0. The molecule has 18 heavy (non-hydrogen) atoms. The fraction of sp³-hybridized carbons (Fsp3) is 0.429. The van der Waals surface area contributed by atoms with Crippen LogP contribution in [0.2, 0.25) is 0 Å². The van der Waals surface area contributed by atoms with E-state index in [2.05, 4.69) is 0 Å². The maximum atomic E-state index is 11.9. The highest BCUT2D eigenvalue weighted by Gasteiger charge is 2.43. The molecule has 0 bridgehead atoms. The van der Waals surface area contributed by atoms with Gasteiger partial charge in [0.25, 0.3) is 0 Å². The van der Waals surface area contributed by atoms with E-state index in [9.17, 15) is 9.59 Å². The highest BCUT2D eigenvalue weighted by Crippen LogP contribution is 2.35. The van der Waals surface area contributed by atoms with Gasteiger partial charge in [-0.3, -0.25) is 4.90 Å². The van der Waals surface area contributed by atoms with Crippen molar-refractivity contribution in [3.8, 4) is 0 Å². The Morgan fingerprint density at radius 2 is 2.06 bits per heavy atom. The van der Waals surface area contributed by atoms with Crippen LogP contribution in [-0.2, 0) is 16.1 Å². The van der Waals surface area contributed by atoms with Gasteiger partial charge in [-0.25, -0.2) is 4.79 Å². The predicted molar refractivity (Wildman–Crippen MR) is 67.0 cm³/mol. The van der Waals surface area contributed by atoms with Gasteiger partial charge in [-0.05, 0) is 24.8 Å². The second-order valence-corrected chi connectivity index (χ2v) is 4.67. The Hall–Kier alpha value is -1.84. The van der Waals surface area contributed by atoms with Gasteiger partial charge in [0.15, 0.2) is 0 Å². The summed E-state index contributed by atoms with van der Waals surface area (Å²) in [6.07, 6.45) is 2.86. The molecule has 0 aliphatic heterocycles. The van der Waals surface area contributed by atoms with Crippen molar-refractivity contribution in [2.24, 2.45) is 0 Å². The van der Waals surface area contributed by atoms with E-state index in [0.29, 0.717) is 0 Å². The number of carbonyl (C=O) groups is 2. The van der Waals surface area contributed by atoms with Gasteiger partial charge < -0.3 is 9.53 Å². The summed E-state index contributed by atoms with van der Waals surface area (Å²) in [5, 5.41) is 0. The Kier molecular flexibility index (Phi) is 3.65.